The fraction of sp³-hybridized carbons (Fsp3) is 0.571. The molecule has 1 rings (SSSR count). The van der Waals surface area contributed by atoms with E-state index in [0.29, 0.717) is 5.70 Å². The van der Waals surface area contributed by atoms with E-state index in [1.54, 1.807) is 6.29 Å². The lowest BCUT2D eigenvalue weighted by atomic mass is 10.4. The van der Waals surface area contributed by atoms with Gasteiger partial charge in [-0.2, -0.15) is 0 Å². The lowest BCUT2D eigenvalue weighted by Gasteiger charge is -2.13. The summed E-state index contributed by atoms with van der Waals surface area (Å²) in [5.41, 5.74) is 0.507. The topological polar surface area (TPSA) is 20.3 Å². The molecular weight excluding hydrogens is 114 g/mol. The average Bonchev–Trinajstić information content (AvgIpc) is 2.37. The van der Waals surface area contributed by atoms with Gasteiger partial charge in [-0.25, -0.2) is 0 Å². The van der Waals surface area contributed by atoms with Gasteiger partial charge in [0.15, 0.2) is 0 Å². The molecule has 0 unspecified atom stereocenters. The van der Waals surface area contributed by atoms with E-state index >= 15 is 0 Å². The molecule has 0 atom stereocenters. The van der Waals surface area contributed by atoms with Gasteiger partial charge >= 0.3 is 0 Å². The summed E-state index contributed by atoms with van der Waals surface area (Å²) in [6, 6.07) is 0. The summed E-state index contributed by atoms with van der Waals surface area (Å²) in [7, 11) is 0. The summed E-state index contributed by atoms with van der Waals surface area (Å²) in [4.78, 5) is 12.0. The Morgan fingerprint density at radius 2 is 2.00 bits per heavy atom. The van der Waals surface area contributed by atoms with Crippen LogP contribution in [0.3, 0.4) is 0 Å². The van der Waals surface area contributed by atoms with Crippen molar-refractivity contribution in [3.05, 3.63) is 12.3 Å². The van der Waals surface area contributed by atoms with Crippen molar-refractivity contribution in [2.75, 3.05) is 13.1 Å². The molecule has 1 saturated heterocycles. The highest BCUT2D eigenvalue weighted by Gasteiger charge is 2.11. The molecule has 1 aliphatic rings. The van der Waals surface area contributed by atoms with Gasteiger partial charge in [-0.15, -0.1) is 0 Å². The molecule has 2 nitrogen and oxygen atoms in total. The van der Waals surface area contributed by atoms with Gasteiger partial charge in [0.2, 0.25) is 6.29 Å². The lowest BCUT2D eigenvalue weighted by Crippen LogP contribution is -2.18. The number of hydrogen-bond donors (Lipinski definition) is 0. The van der Waals surface area contributed by atoms with Crippen LogP contribution in [-0.2, 0) is 4.79 Å². The molecule has 0 N–H and O–H groups in total. The SMILES string of the molecule is C=C([C]=O)N1CCCC1. The van der Waals surface area contributed by atoms with Crippen molar-refractivity contribution in [2.24, 2.45) is 0 Å². The van der Waals surface area contributed by atoms with E-state index in [1.165, 1.54) is 12.8 Å². The molecule has 1 radical (unpaired) electrons. The molecule has 0 aromatic carbocycles. The van der Waals surface area contributed by atoms with Crippen molar-refractivity contribution in [3.8, 4) is 0 Å². The second-order valence-corrected chi connectivity index (χ2v) is 2.24. The molecule has 0 spiro atoms. The molecule has 2 heteroatoms. The highest BCUT2D eigenvalue weighted by Crippen LogP contribution is 2.10. The third-order valence-electron chi connectivity index (χ3n) is 1.61. The Bertz CT molecular complexity index is 125. The zero-order valence-electron chi connectivity index (χ0n) is 5.39. The first-order valence-corrected chi connectivity index (χ1v) is 3.16. The number of allylic oxidation sites excluding steroid dienone is 1. The molecule has 0 aromatic heterocycles. The van der Waals surface area contributed by atoms with Crippen LogP contribution in [-0.4, -0.2) is 24.3 Å². The quantitative estimate of drug-likeness (QED) is 0.505. The number of likely N-dealkylation sites (tertiary alicyclic amines) is 1. The Labute approximate surface area is 55.2 Å². The maximum atomic E-state index is 10.0. The minimum Gasteiger partial charge on any atom is -0.369 e. The molecule has 9 heavy (non-hydrogen) atoms. The van der Waals surface area contributed by atoms with Crippen molar-refractivity contribution in [2.45, 2.75) is 12.8 Å². The molecule has 49 valence electrons. The van der Waals surface area contributed by atoms with E-state index in [9.17, 15) is 4.79 Å². The summed E-state index contributed by atoms with van der Waals surface area (Å²) >= 11 is 0. The van der Waals surface area contributed by atoms with E-state index in [4.69, 9.17) is 0 Å². The highest BCUT2D eigenvalue weighted by atomic mass is 16.1. The molecule has 0 amide bonds. The Kier molecular flexibility index (Phi) is 1.88. The fourth-order valence-corrected chi connectivity index (χ4v) is 1.05. The third-order valence-corrected chi connectivity index (χ3v) is 1.61. The van der Waals surface area contributed by atoms with Gasteiger partial charge in [0.05, 0.1) is 5.70 Å². The molecule has 1 aliphatic heterocycles. The maximum Gasteiger partial charge on any atom is 0.250 e. The van der Waals surface area contributed by atoms with Gasteiger partial charge in [-0.1, -0.05) is 6.58 Å². The van der Waals surface area contributed by atoms with Crippen LogP contribution in [0.2, 0.25) is 0 Å². The van der Waals surface area contributed by atoms with E-state index in [2.05, 4.69) is 6.58 Å². The van der Waals surface area contributed by atoms with Gasteiger partial charge in [-0.05, 0) is 12.8 Å². The summed E-state index contributed by atoms with van der Waals surface area (Å²) in [6.45, 7) is 5.52. The summed E-state index contributed by atoms with van der Waals surface area (Å²) < 4.78 is 0. The second-order valence-electron chi connectivity index (χ2n) is 2.24. The van der Waals surface area contributed by atoms with Crippen molar-refractivity contribution in [1.82, 2.24) is 4.90 Å². The molecule has 0 aliphatic carbocycles. The Morgan fingerprint density at radius 1 is 1.44 bits per heavy atom. The zero-order chi connectivity index (χ0) is 6.69. The molecule has 1 heterocycles. The third kappa shape index (κ3) is 1.31. The minimum absolute atomic E-state index is 0.507. The zero-order valence-corrected chi connectivity index (χ0v) is 5.39. The van der Waals surface area contributed by atoms with Gasteiger partial charge < -0.3 is 4.90 Å². The van der Waals surface area contributed by atoms with Crippen LogP contribution in [0.25, 0.3) is 0 Å². The van der Waals surface area contributed by atoms with Gasteiger partial charge in [0.25, 0.3) is 0 Å². The molecule has 0 aromatic rings. The van der Waals surface area contributed by atoms with E-state index in [1.807, 2.05) is 4.90 Å². The minimum atomic E-state index is 0.507. The molecule has 0 saturated carbocycles. The van der Waals surface area contributed by atoms with E-state index in [0.717, 1.165) is 13.1 Å². The van der Waals surface area contributed by atoms with Crippen LogP contribution in [0.1, 0.15) is 12.8 Å². The predicted octanol–water partition coefficient (Wildman–Crippen LogP) is 0.706. The summed E-state index contributed by atoms with van der Waals surface area (Å²) in [5.74, 6) is 0. The Morgan fingerprint density at radius 3 is 2.44 bits per heavy atom. The molecular formula is C7H10NO. The number of nitrogens with zero attached hydrogens (tertiary/aromatic N) is 1. The predicted molar refractivity (Wildman–Crippen MR) is 35.6 cm³/mol. The Hall–Kier alpha value is -0.790. The van der Waals surface area contributed by atoms with E-state index < -0.39 is 0 Å². The highest BCUT2D eigenvalue weighted by molar-refractivity contribution is 5.71. The first kappa shape index (κ1) is 6.33. The number of carbonyl (C=O) groups excluding carboxylic acids is 1. The smallest absolute Gasteiger partial charge is 0.250 e. The van der Waals surface area contributed by atoms with Crippen molar-refractivity contribution >= 4 is 6.29 Å². The van der Waals surface area contributed by atoms with Crippen molar-refractivity contribution in [3.63, 3.8) is 0 Å². The molecule has 0 bridgehead atoms. The average molecular weight is 124 g/mol. The normalized spacial score (nSPS) is 18.0. The number of rotatable bonds is 2. The molecule has 1 fully saturated rings. The maximum absolute atomic E-state index is 10.0. The standard InChI is InChI=1S/C7H10NO/c1-7(6-9)8-4-2-3-5-8/h1-5H2. The van der Waals surface area contributed by atoms with Crippen LogP contribution in [0.4, 0.5) is 0 Å². The van der Waals surface area contributed by atoms with E-state index in [-0.39, 0.29) is 0 Å². The lowest BCUT2D eigenvalue weighted by molar-refractivity contribution is 0.438. The monoisotopic (exact) mass is 124 g/mol. The van der Waals surface area contributed by atoms with Crippen LogP contribution in [0.15, 0.2) is 12.3 Å². The first-order valence-electron chi connectivity index (χ1n) is 3.16. The second kappa shape index (κ2) is 2.67. The first-order chi connectivity index (χ1) is 4.34. The summed E-state index contributed by atoms with van der Waals surface area (Å²) in [6.07, 6.45) is 4.15. The van der Waals surface area contributed by atoms with Crippen LogP contribution in [0, 0.1) is 0 Å². The van der Waals surface area contributed by atoms with Crippen LogP contribution in [0.5, 0.6) is 0 Å². The van der Waals surface area contributed by atoms with Gasteiger partial charge in [0.1, 0.15) is 0 Å². The van der Waals surface area contributed by atoms with Crippen molar-refractivity contribution in [1.29, 1.82) is 0 Å². The van der Waals surface area contributed by atoms with Crippen LogP contribution < -0.4 is 0 Å². The Balaban J connectivity index is 2.41. The van der Waals surface area contributed by atoms with Gasteiger partial charge in [0, 0.05) is 13.1 Å². The number of hydrogen-bond acceptors (Lipinski definition) is 2. The van der Waals surface area contributed by atoms with Gasteiger partial charge in [-0.3, -0.25) is 4.79 Å². The summed E-state index contributed by atoms with van der Waals surface area (Å²) in [5, 5.41) is 0. The van der Waals surface area contributed by atoms with Crippen LogP contribution >= 0.6 is 0 Å². The fourth-order valence-electron chi connectivity index (χ4n) is 1.05. The largest absolute Gasteiger partial charge is 0.369 e. The van der Waals surface area contributed by atoms with Crippen molar-refractivity contribution < 1.29 is 4.79 Å².